The Bertz CT molecular complexity index is 1120. The quantitative estimate of drug-likeness (QED) is 0.343. The van der Waals surface area contributed by atoms with E-state index >= 15 is 0 Å². The highest BCUT2D eigenvalue weighted by molar-refractivity contribution is 6.09. The van der Waals surface area contributed by atoms with E-state index in [9.17, 15) is 9.59 Å². The standard InChI is InChI=1S/C17H20N2O.C13H10O.C2H7N/c1-18(2)15-9-5-13(6-10-15)17(20)14-7-11-16(12-8-14)19(3)4;14-13(11-7-3-1-4-8-11)12-9-5-2-6-10-12;1-3-2/h5-12H,1-4H3;1-10H;3H,1-2H3. The van der Waals surface area contributed by atoms with E-state index in [1.165, 1.54) is 0 Å². The molecule has 0 saturated heterocycles. The summed E-state index contributed by atoms with van der Waals surface area (Å²) in [6.07, 6.45) is 0. The molecule has 0 aliphatic heterocycles. The average Bonchev–Trinajstić information content (AvgIpc) is 2.94. The molecule has 192 valence electrons. The van der Waals surface area contributed by atoms with Crippen molar-refractivity contribution in [2.45, 2.75) is 0 Å². The second-order valence-corrected chi connectivity index (χ2v) is 8.77. The van der Waals surface area contributed by atoms with Gasteiger partial charge in [0.15, 0.2) is 11.6 Å². The number of rotatable bonds is 6. The number of carbonyl (C=O) groups is 2. The lowest BCUT2D eigenvalue weighted by atomic mass is 10.0. The molecule has 0 spiro atoms. The third-order valence-corrected chi connectivity index (χ3v) is 5.36. The maximum absolute atomic E-state index is 12.4. The molecule has 0 heterocycles. The molecule has 5 nitrogen and oxygen atoms in total. The van der Waals surface area contributed by atoms with E-state index < -0.39 is 0 Å². The van der Waals surface area contributed by atoms with Crippen LogP contribution in [-0.2, 0) is 0 Å². The number of hydrogen-bond donors (Lipinski definition) is 1. The fraction of sp³-hybridized carbons (Fsp3) is 0.188. The molecule has 0 radical (unpaired) electrons. The molecule has 0 saturated carbocycles. The zero-order valence-corrected chi connectivity index (χ0v) is 22.6. The van der Waals surface area contributed by atoms with Crippen LogP contribution < -0.4 is 15.1 Å². The lowest BCUT2D eigenvalue weighted by Gasteiger charge is -2.13. The van der Waals surface area contributed by atoms with Gasteiger partial charge in [0.25, 0.3) is 0 Å². The van der Waals surface area contributed by atoms with E-state index in [0.29, 0.717) is 11.1 Å². The third-order valence-electron chi connectivity index (χ3n) is 5.36. The number of carbonyl (C=O) groups excluding carboxylic acids is 2. The zero-order chi connectivity index (χ0) is 27.2. The van der Waals surface area contributed by atoms with E-state index in [2.05, 4.69) is 5.32 Å². The predicted molar refractivity (Wildman–Crippen MR) is 156 cm³/mol. The van der Waals surface area contributed by atoms with Crippen LogP contribution in [0, 0.1) is 0 Å². The second-order valence-electron chi connectivity index (χ2n) is 8.77. The number of hydrogen-bond acceptors (Lipinski definition) is 5. The Morgan fingerprint density at radius 1 is 0.459 bits per heavy atom. The molecular weight excluding hydrogens is 458 g/mol. The van der Waals surface area contributed by atoms with Crippen LogP contribution in [0.15, 0.2) is 109 Å². The number of nitrogens with one attached hydrogen (secondary N) is 1. The molecule has 0 fully saturated rings. The highest BCUT2D eigenvalue weighted by Crippen LogP contribution is 2.18. The van der Waals surface area contributed by atoms with E-state index in [0.717, 1.165) is 22.5 Å². The number of benzene rings is 4. The monoisotopic (exact) mass is 495 g/mol. The van der Waals surface area contributed by atoms with Crippen LogP contribution in [0.1, 0.15) is 31.8 Å². The van der Waals surface area contributed by atoms with Gasteiger partial charge in [0.1, 0.15) is 0 Å². The van der Waals surface area contributed by atoms with Crippen LogP contribution in [0.25, 0.3) is 0 Å². The second kappa shape index (κ2) is 15.0. The van der Waals surface area contributed by atoms with Gasteiger partial charge in [-0.15, -0.1) is 0 Å². The normalized spacial score (nSPS) is 9.68. The summed E-state index contributed by atoms with van der Waals surface area (Å²) in [7, 11) is 11.7. The molecule has 1 N–H and O–H groups in total. The zero-order valence-electron chi connectivity index (χ0n) is 22.6. The molecule has 0 amide bonds. The minimum absolute atomic E-state index is 0.0561. The molecular formula is C32H37N3O2. The maximum atomic E-state index is 12.4. The average molecular weight is 496 g/mol. The van der Waals surface area contributed by atoms with Gasteiger partial charge in [-0.2, -0.15) is 0 Å². The van der Waals surface area contributed by atoms with Crippen molar-refractivity contribution in [3.63, 3.8) is 0 Å². The van der Waals surface area contributed by atoms with Gasteiger partial charge in [-0.25, -0.2) is 0 Å². The summed E-state index contributed by atoms with van der Waals surface area (Å²) in [4.78, 5) is 28.3. The number of nitrogens with zero attached hydrogens (tertiary/aromatic N) is 2. The third kappa shape index (κ3) is 9.06. The van der Waals surface area contributed by atoms with Gasteiger partial charge in [-0.3, -0.25) is 9.59 Å². The van der Waals surface area contributed by atoms with Gasteiger partial charge in [0, 0.05) is 61.8 Å². The minimum atomic E-state index is 0.0561. The summed E-state index contributed by atoms with van der Waals surface area (Å²) >= 11 is 0. The molecule has 0 aliphatic carbocycles. The Labute approximate surface area is 221 Å². The summed E-state index contributed by atoms with van der Waals surface area (Å²) in [6.45, 7) is 0. The van der Waals surface area contributed by atoms with Crippen molar-refractivity contribution in [1.82, 2.24) is 5.32 Å². The van der Waals surface area contributed by atoms with Gasteiger partial charge < -0.3 is 15.1 Å². The van der Waals surface area contributed by atoms with Gasteiger partial charge in [-0.1, -0.05) is 60.7 Å². The SMILES string of the molecule is CN(C)c1ccc(C(=O)c2ccc(N(C)C)cc2)cc1.CNC.O=C(c1ccccc1)c1ccccc1. The Balaban J connectivity index is 0.000000247. The van der Waals surface area contributed by atoms with Crippen LogP contribution >= 0.6 is 0 Å². The fourth-order valence-corrected chi connectivity index (χ4v) is 3.33. The Morgan fingerprint density at radius 2 is 0.703 bits per heavy atom. The van der Waals surface area contributed by atoms with Crippen LogP contribution in [0.3, 0.4) is 0 Å². The van der Waals surface area contributed by atoms with Crippen molar-refractivity contribution in [2.75, 3.05) is 52.1 Å². The highest BCUT2D eigenvalue weighted by Gasteiger charge is 2.09. The molecule has 0 bridgehead atoms. The highest BCUT2D eigenvalue weighted by atomic mass is 16.1. The molecule has 4 rings (SSSR count). The molecule has 5 heteroatoms. The van der Waals surface area contributed by atoms with Crippen molar-refractivity contribution < 1.29 is 9.59 Å². The van der Waals surface area contributed by atoms with Crippen molar-refractivity contribution >= 4 is 22.9 Å². The fourth-order valence-electron chi connectivity index (χ4n) is 3.33. The maximum Gasteiger partial charge on any atom is 0.193 e. The largest absolute Gasteiger partial charge is 0.378 e. The molecule has 0 unspecified atom stereocenters. The first-order valence-corrected chi connectivity index (χ1v) is 12.1. The molecule has 0 aromatic heterocycles. The molecule has 4 aromatic rings. The molecule has 0 aliphatic rings. The molecule has 37 heavy (non-hydrogen) atoms. The van der Waals surface area contributed by atoms with E-state index in [-0.39, 0.29) is 11.6 Å². The lowest BCUT2D eigenvalue weighted by Crippen LogP contribution is -2.10. The summed E-state index contributed by atoms with van der Waals surface area (Å²) in [5.74, 6) is 0.131. The number of ketones is 2. The first-order valence-electron chi connectivity index (χ1n) is 12.1. The topological polar surface area (TPSA) is 52.7 Å². The molecule has 0 atom stereocenters. The van der Waals surface area contributed by atoms with Crippen molar-refractivity contribution in [3.8, 4) is 0 Å². The van der Waals surface area contributed by atoms with Crippen LogP contribution in [-0.4, -0.2) is 53.9 Å². The smallest absolute Gasteiger partial charge is 0.193 e. The van der Waals surface area contributed by atoms with Crippen molar-refractivity contribution in [3.05, 3.63) is 131 Å². The summed E-state index contributed by atoms with van der Waals surface area (Å²) in [5.41, 5.74) is 5.08. The van der Waals surface area contributed by atoms with Crippen LogP contribution in [0.2, 0.25) is 0 Å². The molecule has 4 aromatic carbocycles. The Morgan fingerprint density at radius 3 is 0.946 bits per heavy atom. The predicted octanol–water partition coefficient (Wildman–Crippen LogP) is 5.80. The van der Waals surface area contributed by atoms with Gasteiger partial charge >= 0.3 is 0 Å². The van der Waals surface area contributed by atoms with Crippen LogP contribution in [0.5, 0.6) is 0 Å². The van der Waals surface area contributed by atoms with Crippen LogP contribution in [0.4, 0.5) is 11.4 Å². The van der Waals surface area contributed by atoms with E-state index in [1.807, 2.05) is 161 Å². The van der Waals surface area contributed by atoms with Crippen molar-refractivity contribution in [1.29, 1.82) is 0 Å². The summed E-state index contributed by atoms with van der Waals surface area (Å²) in [6, 6.07) is 33.9. The summed E-state index contributed by atoms with van der Waals surface area (Å²) in [5, 5.41) is 2.75. The van der Waals surface area contributed by atoms with Crippen molar-refractivity contribution in [2.24, 2.45) is 0 Å². The van der Waals surface area contributed by atoms with Gasteiger partial charge in [-0.05, 0) is 62.6 Å². The van der Waals surface area contributed by atoms with E-state index in [4.69, 9.17) is 0 Å². The Hall–Kier alpha value is -4.22. The van der Waals surface area contributed by atoms with Gasteiger partial charge in [0.2, 0.25) is 0 Å². The summed E-state index contributed by atoms with van der Waals surface area (Å²) < 4.78 is 0. The van der Waals surface area contributed by atoms with Gasteiger partial charge in [0.05, 0.1) is 0 Å². The van der Waals surface area contributed by atoms with E-state index in [1.54, 1.807) is 0 Å². The number of anilines is 2. The first kappa shape index (κ1) is 29.0. The minimum Gasteiger partial charge on any atom is -0.378 e. The first-order chi connectivity index (χ1) is 17.8. The lowest BCUT2D eigenvalue weighted by molar-refractivity contribution is 0.103. The Kier molecular flexibility index (Phi) is 11.8.